The number of nitrogen functional groups attached to an aromatic ring is 1. The van der Waals surface area contributed by atoms with Crippen LogP contribution in [0.4, 0.5) is 11.5 Å². The minimum Gasteiger partial charge on any atom is -0.383 e. The Bertz CT molecular complexity index is 1190. The number of anilines is 2. The summed E-state index contributed by atoms with van der Waals surface area (Å²) in [5, 5.41) is 0. The summed E-state index contributed by atoms with van der Waals surface area (Å²) in [6.45, 7) is 2.51. The number of nitrogens with zero attached hydrogens (tertiary/aromatic N) is 2. The van der Waals surface area contributed by atoms with Gasteiger partial charge in [0.2, 0.25) is 0 Å². The predicted octanol–water partition coefficient (Wildman–Crippen LogP) is 3.75. The van der Waals surface area contributed by atoms with Crippen molar-refractivity contribution in [2.45, 2.75) is 58.4 Å². The third-order valence-electron chi connectivity index (χ3n) is 6.55. The van der Waals surface area contributed by atoms with Crippen molar-refractivity contribution in [1.82, 2.24) is 9.55 Å². The van der Waals surface area contributed by atoms with E-state index in [-0.39, 0.29) is 24.0 Å². The largest absolute Gasteiger partial charge is 0.383 e. The summed E-state index contributed by atoms with van der Waals surface area (Å²) in [7, 11) is 0. The lowest BCUT2D eigenvalue weighted by atomic mass is 9.97. The van der Waals surface area contributed by atoms with Gasteiger partial charge in [-0.2, -0.15) is 0 Å². The molecule has 0 unspecified atom stereocenters. The molecule has 0 aliphatic heterocycles. The summed E-state index contributed by atoms with van der Waals surface area (Å²) >= 11 is 0. The van der Waals surface area contributed by atoms with Gasteiger partial charge in [-0.1, -0.05) is 47.6 Å². The van der Waals surface area contributed by atoms with Gasteiger partial charge in [0.05, 0.1) is 6.54 Å². The van der Waals surface area contributed by atoms with Crippen LogP contribution in [-0.4, -0.2) is 22.0 Å². The summed E-state index contributed by atoms with van der Waals surface area (Å²) in [5.41, 5.74) is 8.42. The summed E-state index contributed by atoms with van der Waals surface area (Å²) < 4.78 is 1.32. The van der Waals surface area contributed by atoms with E-state index in [1.807, 2.05) is 37.3 Å². The topological polar surface area (TPSA) is 101 Å². The van der Waals surface area contributed by atoms with Gasteiger partial charge in [-0.15, -0.1) is 0 Å². The Morgan fingerprint density at radius 1 is 1.21 bits per heavy atom. The van der Waals surface area contributed by atoms with Crippen molar-refractivity contribution in [1.29, 1.82) is 0 Å². The molecule has 174 valence electrons. The van der Waals surface area contributed by atoms with Gasteiger partial charge in [-0.3, -0.25) is 19.1 Å². The van der Waals surface area contributed by atoms with Crippen LogP contribution in [0.1, 0.15) is 57.4 Å². The van der Waals surface area contributed by atoms with E-state index < -0.39 is 11.2 Å². The van der Waals surface area contributed by atoms with E-state index in [1.54, 1.807) is 6.08 Å². The number of H-pyrrole nitrogens is 1. The number of amides is 1. The smallest absolute Gasteiger partial charge is 0.330 e. The molecule has 2 aliphatic carbocycles. The SMILES string of the molecule is C/C(=C\C(=O)N(CCC1=CCCCC1)c1c(N)n(Cc2ccccc2)c(=O)[nH]c1=O)C1CC1. The minimum atomic E-state index is -0.634. The van der Waals surface area contributed by atoms with Crippen LogP contribution in [0.15, 0.2) is 63.2 Å². The first kappa shape index (κ1) is 22.8. The summed E-state index contributed by atoms with van der Waals surface area (Å²) in [4.78, 5) is 42.7. The van der Waals surface area contributed by atoms with E-state index in [4.69, 9.17) is 5.73 Å². The summed E-state index contributed by atoms with van der Waals surface area (Å²) in [6.07, 6.45) is 11.1. The summed E-state index contributed by atoms with van der Waals surface area (Å²) in [5.74, 6) is 0.188. The van der Waals surface area contributed by atoms with Crippen LogP contribution in [0.5, 0.6) is 0 Å². The number of carbonyl (C=O) groups is 1. The van der Waals surface area contributed by atoms with Crippen molar-refractivity contribution in [3.8, 4) is 0 Å². The number of allylic oxidation sites excluding steroid dienone is 2. The van der Waals surface area contributed by atoms with E-state index in [0.29, 0.717) is 18.9 Å². The predicted molar refractivity (Wildman–Crippen MR) is 131 cm³/mol. The molecule has 0 bridgehead atoms. The second kappa shape index (κ2) is 10.1. The van der Waals surface area contributed by atoms with E-state index in [2.05, 4.69) is 11.1 Å². The average Bonchev–Trinajstić information content (AvgIpc) is 3.65. The molecular weight excluding hydrogens is 416 g/mol. The van der Waals surface area contributed by atoms with Crippen LogP contribution in [-0.2, 0) is 11.3 Å². The van der Waals surface area contributed by atoms with Crippen molar-refractivity contribution in [2.75, 3.05) is 17.2 Å². The van der Waals surface area contributed by atoms with Gasteiger partial charge in [-0.25, -0.2) is 4.79 Å². The average molecular weight is 449 g/mol. The van der Waals surface area contributed by atoms with E-state index in [1.165, 1.54) is 21.5 Å². The molecule has 7 heteroatoms. The Morgan fingerprint density at radius 2 is 1.97 bits per heavy atom. The molecule has 1 amide bonds. The molecule has 1 aromatic carbocycles. The second-order valence-corrected chi connectivity index (χ2v) is 9.08. The second-order valence-electron chi connectivity index (χ2n) is 9.08. The molecule has 0 radical (unpaired) electrons. The number of rotatable bonds is 8. The van der Waals surface area contributed by atoms with Crippen LogP contribution in [0.2, 0.25) is 0 Å². The van der Waals surface area contributed by atoms with Crippen molar-refractivity contribution in [2.24, 2.45) is 5.92 Å². The first-order valence-electron chi connectivity index (χ1n) is 11.8. The van der Waals surface area contributed by atoms with Gasteiger partial charge in [0, 0.05) is 12.6 Å². The van der Waals surface area contributed by atoms with Crippen LogP contribution in [0.3, 0.4) is 0 Å². The number of nitrogens with one attached hydrogen (secondary N) is 1. The maximum absolute atomic E-state index is 13.4. The lowest BCUT2D eigenvalue weighted by Gasteiger charge is -2.25. The Morgan fingerprint density at radius 3 is 2.64 bits per heavy atom. The number of aromatic nitrogens is 2. The molecule has 7 nitrogen and oxygen atoms in total. The number of nitrogens with two attached hydrogens (primary N) is 1. The van der Waals surface area contributed by atoms with E-state index >= 15 is 0 Å². The lowest BCUT2D eigenvalue weighted by Crippen LogP contribution is -2.41. The highest BCUT2D eigenvalue weighted by atomic mass is 16.2. The standard InChI is InChI=1S/C26H32N4O3/c1-18(21-12-13-21)16-22(31)29(15-14-19-8-4-2-5-9-19)23-24(27)30(26(33)28-25(23)32)17-20-10-6-3-7-11-20/h3,6-8,10-11,16,21H,2,4-5,9,12-15,17,27H2,1H3,(H,28,32,33)/b18-16+. The highest BCUT2D eigenvalue weighted by Crippen LogP contribution is 2.36. The molecule has 0 saturated heterocycles. The van der Waals surface area contributed by atoms with Gasteiger partial charge < -0.3 is 10.6 Å². The molecule has 1 heterocycles. The maximum atomic E-state index is 13.4. The Labute approximate surface area is 193 Å². The number of aromatic amines is 1. The molecular formula is C26H32N4O3. The zero-order chi connectivity index (χ0) is 23.4. The van der Waals surface area contributed by atoms with Gasteiger partial charge in [0.25, 0.3) is 11.5 Å². The van der Waals surface area contributed by atoms with Crippen LogP contribution in [0.25, 0.3) is 0 Å². The van der Waals surface area contributed by atoms with Crippen LogP contribution < -0.4 is 21.9 Å². The van der Waals surface area contributed by atoms with Gasteiger partial charge in [0.1, 0.15) is 5.82 Å². The van der Waals surface area contributed by atoms with Crippen LogP contribution >= 0.6 is 0 Å². The molecule has 2 aromatic rings. The first-order valence-corrected chi connectivity index (χ1v) is 11.8. The molecule has 1 aromatic heterocycles. The minimum absolute atomic E-state index is 0.0102. The Hall–Kier alpha value is -3.35. The van der Waals surface area contributed by atoms with Crippen molar-refractivity contribution < 1.29 is 4.79 Å². The van der Waals surface area contributed by atoms with E-state index in [0.717, 1.165) is 43.2 Å². The molecule has 0 atom stereocenters. The monoisotopic (exact) mass is 448 g/mol. The number of benzene rings is 1. The van der Waals surface area contributed by atoms with Gasteiger partial charge in [0.15, 0.2) is 5.69 Å². The zero-order valence-corrected chi connectivity index (χ0v) is 19.2. The fourth-order valence-corrected chi connectivity index (χ4v) is 4.41. The van der Waals surface area contributed by atoms with Gasteiger partial charge in [-0.05, 0) is 63.4 Å². The number of hydrogen-bond donors (Lipinski definition) is 2. The Balaban J connectivity index is 1.71. The highest BCUT2D eigenvalue weighted by molar-refractivity contribution is 6.03. The first-order chi connectivity index (χ1) is 15.9. The lowest BCUT2D eigenvalue weighted by molar-refractivity contribution is -0.114. The zero-order valence-electron chi connectivity index (χ0n) is 19.2. The van der Waals surface area contributed by atoms with Crippen molar-refractivity contribution in [3.63, 3.8) is 0 Å². The quantitative estimate of drug-likeness (QED) is 0.474. The molecule has 1 fully saturated rings. The molecule has 2 aliphatic rings. The Kier molecular flexibility index (Phi) is 6.96. The maximum Gasteiger partial charge on any atom is 0.330 e. The third-order valence-corrected chi connectivity index (χ3v) is 6.55. The third kappa shape index (κ3) is 5.53. The molecule has 3 N–H and O–H groups in total. The number of hydrogen-bond acceptors (Lipinski definition) is 4. The normalized spacial score (nSPS) is 16.4. The molecule has 1 saturated carbocycles. The fraction of sp³-hybridized carbons (Fsp3) is 0.423. The van der Waals surface area contributed by atoms with E-state index in [9.17, 15) is 14.4 Å². The van der Waals surface area contributed by atoms with Gasteiger partial charge >= 0.3 is 5.69 Å². The fourth-order valence-electron chi connectivity index (χ4n) is 4.41. The summed E-state index contributed by atoms with van der Waals surface area (Å²) in [6, 6.07) is 9.42. The number of carbonyl (C=O) groups excluding carboxylic acids is 1. The van der Waals surface area contributed by atoms with Crippen molar-refractivity contribution in [3.05, 3.63) is 80.0 Å². The van der Waals surface area contributed by atoms with Crippen molar-refractivity contribution >= 4 is 17.4 Å². The molecule has 33 heavy (non-hydrogen) atoms. The van der Waals surface area contributed by atoms with Crippen LogP contribution in [0, 0.1) is 5.92 Å². The molecule has 0 spiro atoms. The molecule has 4 rings (SSSR count). The highest BCUT2D eigenvalue weighted by Gasteiger charge is 2.27.